The van der Waals surface area contributed by atoms with Crippen LogP contribution in [0.25, 0.3) is 11.6 Å². The highest BCUT2D eigenvalue weighted by Gasteiger charge is 2.10. The second-order valence-electron chi connectivity index (χ2n) is 3.67. The predicted octanol–water partition coefficient (Wildman–Crippen LogP) is 2.65. The number of rotatable bonds is 4. The van der Waals surface area contributed by atoms with Crippen molar-refractivity contribution >= 4 is 11.8 Å². The number of aromatic nitrogens is 4. The molecule has 0 aliphatic rings. The number of hydrogen-bond acceptors (Lipinski definition) is 6. The number of H-pyrrole nitrogens is 1. The minimum absolute atomic E-state index is 0.485. The minimum atomic E-state index is 0.485. The first-order chi connectivity index (χ1) is 8.81. The van der Waals surface area contributed by atoms with E-state index in [1.807, 2.05) is 31.3 Å². The number of hydrogen-bond donors (Lipinski definition) is 1. The van der Waals surface area contributed by atoms with Crippen molar-refractivity contribution in [3.63, 3.8) is 0 Å². The van der Waals surface area contributed by atoms with E-state index in [1.54, 1.807) is 0 Å². The lowest BCUT2D eigenvalue weighted by atomic mass is 10.4. The summed E-state index contributed by atoms with van der Waals surface area (Å²) in [5, 5.41) is 12.3. The van der Waals surface area contributed by atoms with E-state index in [9.17, 15) is 0 Å². The third kappa shape index (κ3) is 2.30. The van der Waals surface area contributed by atoms with Crippen LogP contribution in [0.3, 0.4) is 0 Å². The van der Waals surface area contributed by atoms with Gasteiger partial charge in [-0.05, 0) is 19.1 Å². The van der Waals surface area contributed by atoms with E-state index < -0.39 is 0 Å². The molecule has 1 N–H and O–H groups in total. The summed E-state index contributed by atoms with van der Waals surface area (Å²) >= 11 is 1.43. The molecule has 0 aliphatic carbocycles. The van der Waals surface area contributed by atoms with Crippen molar-refractivity contribution in [2.24, 2.45) is 0 Å². The molecule has 0 unspecified atom stereocenters. The molecule has 0 fully saturated rings. The van der Waals surface area contributed by atoms with Crippen molar-refractivity contribution in [2.45, 2.75) is 17.9 Å². The van der Waals surface area contributed by atoms with Gasteiger partial charge in [-0.3, -0.25) is 0 Å². The Balaban J connectivity index is 1.67. The van der Waals surface area contributed by atoms with Crippen molar-refractivity contribution in [2.75, 3.05) is 0 Å². The topological polar surface area (TPSA) is 80.7 Å². The van der Waals surface area contributed by atoms with Crippen LogP contribution in [0.1, 0.15) is 11.5 Å². The van der Waals surface area contributed by atoms with Crippen LogP contribution in [0.4, 0.5) is 0 Å². The smallest absolute Gasteiger partial charge is 0.277 e. The molecule has 0 saturated heterocycles. The highest BCUT2D eigenvalue weighted by molar-refractivity contribution is 7.98. The van der Waals surface area contributed by atoms with Crippen LogP contribution in [0.15, 0.2) is 38.6 Å². The average Bonchev–Trinajstić information content (AvgIpc) is 3.07. The van der Waals surface area contributed by atoms with Gasteiger partial charge < -0.3 is 13.9 Å². The number of thioether (sulfide) groups is 1. The Labute approximate surface area is 107 Å². The Morgan fingerprint density at radius 1 is 1.39 bits per heavy atom. The fourth-order valence-electron chi connectivity index (χ4n) is 1.46. The van der Waals surface area contributed by atoms with Crippen LogP contribution in [0.5, 0.6) is 0 Å². The molecule has 0 amide bonds. The Hall–Kier alpha value is -2.02. The second kappa shape index (κ2) is 4.69. The van der Waals surface area contributed by atoms with Gasteiger partial charge in [0.1, 0.15) is 11.5 Å². The fourth-order valence-corrected chi connectivity index (χ4v) is 2.11. The number of nitrogens with zero attached hydrogens (tertiary/aromatic N) is 3. The predicted molar refractivity (Wildman–Crippen MR) is 64.9 cm³/mol. The SMILES string of the molecule is Cc1cc(CSc2nnc(-c3ccc[nH]3)o2)no1. The van der Waals surface area contributed by atoms with Crippen LogP contribution in [-0.4, -0.2) is 20.3 Å². The standard InChI is InChI=1S/C11H10N4O2S/c1-7-5-8(15-17-7)6-18-11-14-13-10(16-11)9-3-2-4-12-9/h2-5,12H,6H2,1H3. The molecule has 0 saturated carbocycles. The first-order valence-corrected chi connectivity index (χ1v) is 6.32. The zero-order chi connectivity index (χ0) is 12.4. The second-order valence-corrected chi connectivity index (χ2v) is 4.60. The lowest BCUT2D eigenvalue weighted by Gasteiger charge is -1.90. The molecule has 3 aromatic heterocycles. The van der Waals surface area contributed by atoms with Crippen LogP contribution < -0.4 is 0 Å². The Bertz CT molecular complexity index is 629. The van der Waals surface area contributed by atoms with Crippen molar-refractivity contribution in [3.8, 4) is 11.6 Å². The van der Waals surface area contributed by atoms with E-state index in [-0.39, 0.29) is 0 Å². The quantitative estimate of drug-likeness (QED) is 0.728. The molecule has 3 rings (SSSR count). The average molecular weight is 262 g/mol. The van der Waals surface area contributed by atoms with Gasteiger partial charge in [0.2, 0.25) is 0 Å². The van der Waals surface area contributed by atoms with Gasteiger partial charge in [0.25, 0.3) is 11.1 Å². The van der Waals surface area contributed by atoms with Crippen molar-refractivity contribution in [3.05, 3.63) is 35.9 Å². The summed E-state index contributed by atoms with van der Waals surface area (Å²) in [6.45, 7) is 1.86. The first-order valence-electron chi connectivity index (χ1n) is 5.33. The minimum Gasteiger partial charge on any atom is -0.410 e. The lowest BCUT2D eigenvalue weighted by Crippen LogP contribution is -1.79. The summed E-state index contributed by atoms with van der Waals surface area (Å²) in [5.74, 6) is 1.92. The van der Waals surface area contributed by atoms with Gasteiger partial charge in [-0.1, -0.05) is 16.9 Å². The van der Waals surface area contributed by atoms with E-state index in [0.717, 1.165) is 17.1 Å². The Morgan fingerprint density at radius 3 is 3.06 bits per heavy atom. The normalized spacial score (nSPS) is 10.9. The molecule has 7 heteroatoms. The summed E-state index contributed by atoms with van der Waals surface area (Å²) in [6.07, 6.45) is 1.81. The third-order valence-electron chi connectivity index (χ3n) is 2.26. The van der Waals surface area contributed by atoms with E-state index in [0.29, 0.717) is 16.9 Å². The van der Waals surface area contributed by atoms with Gasteiger partial charge in [-0.15, -0.1) is 10.2 Å². The van der Waals surface area contributed by atoms with E-state index >= 15 is 0 Å². The summed E-state index contributed by atoms with van der Waals surface area (Å²) in [4.78, 5) is 3.01. The Kier molecular flexibility index (Phi) is 2.89. The van der Waals surface area contributed by atoms with E-state index in [2.05, 4.69) is 20.3 Å². The maximum atomic E-state index is 5.51. The lowest BCUT2D eigenvalue weighted by molar-refractivity contribution is 0.392. The fraction of sp³-hybridized carbons (Fsp3) is 0.182. The summed E-state index contributed by atoms with van der Waals surface area (Å²) < 4.78 is 10.5. The molecule has 3 aromatic rings. The molecule has 0 atom stereocenters. The van der Waals surface area contributed by atoms with Crippen LogP contribution >= 0.6 is 11.8 Å². The van der Waals surface area contributed by atoms with Crippen molar-refractivity contribution in [1.29, 1.82) is 0 Å². The van der Waals surface area contributed by atoms with Crippen molar-refractivity contribution < 1.29 is 8.94 Å². The molecule has 0 radical (unpaired) electrons. The number of nitrogens with one attached hydrogen (secondary N) is 1. The van der Waals surface area contributed by atoms with Gasteiger partial charge in [-0.25, -0.2) is 0 Å². The van der Waals surface area contributed by atoms with E-state index in [1.165, 1.54) is 11.8 Å². The number of aryl methyl sites for hydroxylation is 1. The third-order valence-corrected chi connectivity index (χ3v) is 3.11. The van der Waals surface area contributed by atoms with Crippen LogP contribution in [0, 0.1) is 6.92 Å². The van der Waals surface area contributed by atoms with Crippen molar-refractivity contribution in [1.82, 2.24) is 20.3 Å². The molecule has 18 heavy (non-hydrogen) atoms. The van der Waals surface area contributed by atoms with Gasteiger partial charge in [0.05, 0.1) is 5.69 Å². The molecule has 3 heterocycles. The highest BCUT2D eigenvalue weighted by Crippen LogP contribution is 2.24. The molecule has 0 aliphatic heterocycles. The van der Waals surface area contributed by atoms with Gasteiger partial charge in [0, 0.05) is 18.0 Å². The molecule has 0 spiro atoms. The monoisotopic (exact) mass is 262 g/mol. The molecule has 0 aromatic carbocycles. The zero-order valence-corrected chi connectivity index (χ0v) is 10.4. The summed E-state index contributed by atoms with van der Waals surface area (Å²) in [6, 6.07) is 5.64. The highest BCUT2D eigenvalue weighted by atomic mass is 32.2. The first kappa shape index (κ1) is 11.1. The molecule has 92 valence electrons. The summed E-state index contributed by atoms with van der Waals surface area (Å²) in [7, 11) is 0. The maximum absolute atomic E-state index is 5.51. The van der Waals surface area contributed by atoms with Gasteiger partial charge >= 0.3 is 0 Å². The molecule has 6 nitrogen and oxygen atoms in total. The van der Waals surface area contributed by atoms with Gasteiger partial charge in [-0.2, -0.15) is 0 Å². The zero-order valence-electron chi connectivity index (χ0n) is 9.58. The van der Waals surface area contributed by atoms with E-state index in [4.69, 9.17) is 8.94 Å². The van der Waals surface area contributed by atoms with Gasteiger partial charge in [0.15, 0.2) is 0 Å². The maximum Gasteiger partial charge on any atom is 0.277 e. The molecular weight excluding hydrogens is 252 g/mol. The molecule has 0 bridgehead atoms. The van der Waals surface area contributed by atoms with Crippen LogP contribution in [-0.2, 0) is 5.75 Å². The summed E-state index contributed by atoms with van der Waals surface area (Å²) in [5.41, 5.74) is 1.67. The molecular formula is C11H10N4O2S. The van der Waals surface area contributed by atoms with Crippen LogP contribution in [0.2, 0.25) is 0 Å². The number of aromatic amines is 1. The Morgan fingerprint density at radius 2 is 2.33 bits per heavy atom. The largest absolute Gasteiger partial charge is 0.410 e.